The number of carbonyl (C=O) groups excluding carboxylic acids is 2. The van der Waals surface area contributed by atoms with Gasteiger partial charge in [0.15, 0.2) is 0 Å². The zero-order valence-electron chi connectivity index (χ0n) is 14.4. The van der Waals surface area contributed by atoms with Crippen molar-refractivity contribution in [3.63, 3.8) is 0 Å². The molecule has 2 aromatic carbocycles. The lowest BCUT2D eigenvalue weighted by Gasteiger charge is -2.18. The van der Waals surface area contributed by atoms with E-state index in [1.807, 2.05) is 29.2 Å². The van der Waals surface area contributed by atoms with Crippen LogP contribution in [0.4, 0.5) is 5.69 Å². The molecule has 0 saturated carbocycles. The molecule has 1 aliphatic heterocycles. The Morgan fingerprint density at radius 1 is 1.31 bits per heavy atom. The quantitative estimate of drug-likeness (QED) is 0.815. The maximum Gasteiger partial charge on any atom is 0.250 e. The third-order valence-corrected chi connectivity index (χ3v) is 4.72. The predicted molar refractivity (Wildman–Crippen MR) is 100 cm³/mol. The summed E-state index contributed by atoms with van der Waals surface area (Å²) in [5, 5.41) is 3.45. The highest BCUT2D eigenvalue weighted by molar-refractivity contribution is 6.34. The molecule has 2 aromatic rings. The van der Waals surface area contributed by atoms with Gasteiger partial charge in [0, 0.05) is 18.8 Å². The smallest absolute Gasteiger partial charge is 0.250 e. The number of halogens is 1. The molecule has 0 aromatic heterocycles. The van der Waals surface area contributed by atoms with Crippen molar-refractivity contribution in [3.8, 4) is 5.75 Å². The average molecular weight is 374 g/mol. The molecular weight excluding hydrogens is 354 g/mol. The van der Waals surface area contributed by atoms with Gasteiger partial charge >= 0.3 is 0 Å². The molecule has 1 saturated heterocycles. The molecule has 0 spiro atoms. The van der Waals surface area contributed by atoms with Gasteiger partial charge in [-0.15, -0.1) is 0 Å². The van der Waals surface area contributed by atoms with Crippen molar-refractivity contribution in [2.75, 3.05) is 19.0 Å². The van der Waals surface area contributed by atoms with Crippen molar-refractivity contribution in [2.45, 2.75) is 19.0 Å². The van der Waals surface area contributed by atoms with E-state index >= 15 is 0 Å². The van der Waals surface area contributed by atoms with E-state index in [4.69, 9.17) is 22.1 Å². The van der Waals surface area contributed by atoms with Crippen LogP contribution >= 0.6 is 11.6 Å². The first-order chi connectivity index (χ1) is 12.5. The molecule has 7 heteroatoms. The zero-order chi connectivity index (χ0) is 18.7. The van der Waals surface area contributed by atoms with Crippen LogP contribution < -0.4 is 15.8 Å². The summed E-state index contributed by atoms with van der Waals surface area (Å²) >= 11 is 6.06. The Morgan fingerprint density at radius 2 is 2.04 bits per heavy atom. The fourth-order valence-electron chi connectivity index (χ4n) is 2.99. The highest BCUT2D eigenvalue weighted by Crippen LogP contribution is 2.24. The lowest BCUT2D eigenvalue weighted by molar-refractivity contribution is -0.128. The van der Waals surface area contributed by atoms with Crippen LogP contribution in [0.3, 0.4) is 0 Å². The van der Waals surface area contributed by atoms with Gasteiger partial charge in [-0.3, -0.25) is 9.59 Å². The van der Waals surface area contributed by atoms with Crippen LogP contribution in [0.15, 0.2) is 42.5 Å². The van der Waals surface area contributed by atoms with Crippen molar-refractivity contribution < 1.29 is 14.3 Å². The Hall–Kier alpha value is -2.73. The van der Waals surface area contributed by atoms with Crippen molar-refractivity contribution in [2.24, 2.45) is 5.73 Å². The number of carbonyl (C=O) groups is 2. The van der Waals surface area contributed by atoms with Crippen LogP contribution in [-0.2, 0) is 11.3 Å². The summed E-state index contributed by atoms with van der Waals surface area (Å²) in [6.07, 6.45) is 0.699. The van der Waals surface area contributed by atoms with Gasteiger partial charge in [-0.05, 0) is 42.3 Å². The normalized spacial score (nSPS) is 16.6. The molecule has 0 aliphatic carbocycles. The van der Waals surface area contributed by atoms with Gasteiger partial charge in [0.2, 0.25) is 11.8 Å². The maximum absolute atomic E-state index is 12.6. The van der Waals surface area contributed by atoms with E-state index in [1.54, 1.807) is 25.3 Å². The molecule has 1 fully saturated rings. The number of primary amides is 1. The number of likely N-dealkylation sites (tertiary alicyclic amines) is 1. The standard InChI is InChI=1S/C19H20ClN3O3/c1-26-14-5-2-12(3-6-14)11-23-9-8-17(19(23)25)22-13-4-7-15(18(21)24)16(20)10-13/h2-7,10,17,22H,8-9,11H2,1H3,(H2,21,24). The second-order valence-electron chi connectivity index (χ2n) is 6.15. The van der Waals surface area contributed by atoms with Gasteiger partial charge in [-0.1, -0.05) is 23.7 Å². The minimum Gasteiger partial charge on any atom is -0.497 e. The van der Waals surface area contributed by atoms with Gasteiger partial charge < -0.3 is 20.7 Å². The van der Waals surface area contributed by atoms with Crippen molar-refractivity contribution in [3.05, 3.63) is 58.6 Å². The monoisotopic (exact) mass is 373 g/mol. The average Bonchev–Trinajstić information content (AvgIpc) is 2.95. The van der Waals surface area contributed by atoms with Crippen molar-refractivity contribution in [1.29, 1.82) is 0 Å². The van der Waals surface area contributed by atoms with Crippen LogP contribution in [0, 0.1) is 0 Å². The predicted octanol–water partition coefficient (Wildman–Crippen LogP) is 2.66. The fourth-order valence-corrected chi connectivity index (χ4v) is 3.26. The third kappa shape index (κ3) is 3.91. The second kappa shape index (κ2) is 7.66. The molecule has 0 radical (unpaired) electrons. The number of methoxy groups -OCH3 is 1. The van der Waals surface area contributed by atoms with Crippen LogP contribution in [0.5, 0.6) is 5.75 Å². The summed E-state index contributed by atoms with van der Waals surface area (Å²) in [5.74, 6) is 0.248. The summed E-state index contributed by atoms with van der Waals surface area (Å²) in [6.45, 7) is 1.23. The molecule has 0 bridgehead atoms. The lowest BCUT2D eigenvalue weighted by Crippen LogP contribution is -2.33. The molecule has 1 atom stereocenters. The van der Waals surface area contributed by atoms with E-state index in [2.05, 4.69) is 5.32 Å². The molecule has 3 rings (SSSR count). The molecule has 1 unspecified atom stereocenters. The van der Waals surface area contributed by atoms with Gasteiger partial charge in [-0.2, -0.15) is 0 Å². The number of nitrogens with one attached hydrogen (secondary N) is 1. The van der Waals surface area contributed by atoms with E-state index in [0.717, 1.165) is 11.3 Å². The Labute approximate surface area is 156 Å². The molecular formula is C19H20ClN3O3. The largest absolute Gasteiger partial charge is 0.497 e. The number of amides is 2. The molecule has 1 aliphatic rings. The van der Waals surface area contributed by atoms with Crippen molar-refractivity contribution in [1.82, 2.24) is 4.90 Å². The Morgan fingerprint density at radius 3 is 2.65 bits per heavy atom. The second-order valence-corrected chi connectivity index (χ2v) is 6.56. The van der Waals surface area contributed by atoms with Crippen LogP contribution in [0.25, 0.3) is 0 Å². The molecule has 6 nitrogen and oxygen atoms in total. The van der Waals surface area contributed by atoms with E-state index in [0.29, 0.717) is 25.2 Å². The zero-order valence-corrected chi connectivity index (χ0v) is 15.1. The molecule has 1 heterocycles. The van der Waals surface area contributed by atoms with Gasteiger partial charge in [-0.25, -0.2) is 0 Å². The topological polar surface area (TPSA) is 84.7 Å². The number of nitrogens with two attached hydrogens (primary N) is 1. The number of ether oxygens (including phenoxy) is 1. The molecule has 2 amide bonds. The van der Waals surface area contributed by atoms with Crippen LogP contribution in [0.1, 0.15) is 22.3 Å². The molecule has 136 valence electrons. The van der Waals surface area contributed by atoms with Gasteiger partial charge in [0.25, 0.3) is 0 Å². The number of hydrogen-bond donors (Lipinski definition) is 2. The summed E-state index contributed by atoms with van der Waals surface area (Å²) in [7, 11) is 1.62. The first-order valence-corrected chi connectivity index (χ1v) is 8.63. The van der Waals surface area contributed by atoms with E-state index in [1.165, 1.54) is 0 Å². The third-order valence-electron chi connectivity index (χ3n) is 4.41. The summed E-state index contributed by atoms with van der Waals surface area (Å²) in [4.78, 5) is 25.7. The minimum absolute atomic E-state index is 0.0379. The molecule has 26 heavy (non-hydrogen) atoms. The maximum atomic E-state index is 12.6. The Bertz CT molecular complexity index is 823. The number of anilines is 1. The van der Waals surface area contributed by atoms with Crippen LogP contribution in [-0.4, -0.2) is 36.4 Å². The van der Waals surface area contributed by atoms with Gasteiger partial charge in [0.1, 0.15) is 11.8 Å². The number of nitrogens with zero attached hydrogens (tertiary/aromatic N) is 1. The minimum atomic E-state index is -0.579. The van der Waals surface area contributed by atoms with E-state index in [-0.39, 0.29) is 22.5 Å². The van der Waals surface area contributed by atoms with E-state index in [9.17, 15) is 9.59 Å². The van der Waals surface area contributed by atoms with Crippen LogP contribution in [0.2, 0.25) is 5.02 Å². The van der Waals surface area contributed by atoms with E-state index < -0.39 is 5.91 Å². The highest BCUT2D eigenvalue weighted by Gasteiger charge is 2.31. The van der Waals surface area contributed by atoms with Gasteiger partial charge in [0.05, 0.1) is 17.7 Å². The number of hydrogen-bond acceptors (Lipinski definition) is 4. The summed E-state index contributed by atoms with van der Waals surface area (Å²) in [6, 6.07) is 12.2. The highest BCUT2D eigenvalue weighted by atomic mass is 35.5. The SMILES string of the molecule is COc1ccc(CN2CCC(Nc3ccc(C(N)=O)c(Cl)c3)C2=O)cc1. The molecule has 3 N–H and O–H groups in total. The Kier molecular flexibility index (Phi) is 5.32. The summed E-state index contributed by atoms with van der Waals surface area (Å²) in [5.41, 5.74) is 7.24. The fraction of sp³-hybridized carbons (Fsp3) is 0.263. The lowest BCUT2D eigenvalue weighted by atomic mass is 10.1. The summed E-state index contributed by atoms with van der Waals surface area (Å²) < 4.78 is 5.15. The first kappa shape index (κ1) is 18.1. The number of rotatable bonds is 6. The first-order valence-electron chi connectivity index (χ1n) is 8.25. The Balaban J connectivity index is 1.63. The number of benzene rings is 2. The van der Waals surface area contributed by atoms with Crippen molar-refractivity contribution >= 4 is 29.1 Å².